The van der Waals surface area contributed by atoms with Crippen LogP contribution < -0.4 is 5.32 Å². The first-order valence-corrected chi connectivity index (χ1v) is 8.08. The van der Waals surface area contributed by atoms with Gasteiger partial charge in [0.1, 0.15) is 0 Å². The van der Waals surface area contributed by atoms with E-state index in [4.69, 9.17) is 4.74 Å². The molecule has 1 unspecified atom stereocenters. The van der Waals surface area contributed by atoms with Crippen LogP contribution in [0, 0.1) is 19.3 Å². The van der Waals surface area contributed by atoms with Crippen molar-refractivity contribution >= 4 is 0 Å². The van der Waals surface area contributed by atoms with Gasteiger partial charge < -0.3 is 10.1 Å². The fraction of sp³-hybridized carbons (Fsp3) is 0.667. The minimum absolute atomic E-state index is 0.219. The Kier molecular flexibility index (Phi) is 4.13. The second-order valence-electron chi connectivity index (χ2n) is 6.85. The summed E-state index contributed by atoms with van der Waals surface area (Å²) in [6.45, 7) is 7.37. The van der Waals surface area contributed by atoms with E-state index < -0.39 is 0 Å². The van der Waals surface area contributed by atoms with Gasteiger partial charge in [0.2, 0.25) is 0 Å². The smallest absolute Gasteiger partial charge is 0.0952 e. The van der Waals surface area contributed by atoms with E-state index in [1.54, 1.807) is 0 Å². The summed E-state index contributed by atoms with van der Waals surface area (Å²) in [4.78, 5) is 0. The highest BCUT2D eigenvalue weighted by atomic mass is 16.5. The molecule has 2 nitrogen and oxygen atoms in total. The third-order valence-electron chi connectivity index (χ3n) is 5.12. The van der Waals surface area contributed by atoms with Gasteiger partial charge in [-0.05, 0) is 37.8 Å². The first-order chi connectivity index (χ1) is 9.69. The zero-order valence-electron chi connectivity index (χ0n) is 12.9. The summed E-state index contributed by atoms with van der Waals surface area (Å²) < 4.78 is 6.36. The number of hydrogen-bond acceptors (Lipinski definition) is 2. The van der Waals surface area contributed by atoms with Gasteiger partial charge in [-0.2, -0.15) is 0 Å². The van der Waals surface area contributed by atoms with E-state index in [1.165, 1.54) is 48.8 Å². The highest BCUT2D eigenvalue weighted by molar-refractivity contribution is 5.32. The van der Waals surface area contributed by atoms with Crippen LogP contribution in [0.25, 0.3) is 0 Å². The molecule has 0 aromatic heterocycles. The molecule has 0 radical (unpaired) electrons. The van der Waals surface area contributed by atoms with Crippen molar-refractivity contribution in [3.8, 4) is 0 Å². The van der Waals surface area contributed by atoms with Gasteiger partial charge in [0, 0.05) is 18.5 Å². The van der Waals surface area contributed by atoms with E-state index in [1.807, 2.05) is 0 Å². The van der Waals surface area contributed by atoms with Crippen LogP contribution in [0.4, 0.5) is 0 Å². The summed E-state index contributed by atoms with van der Waals surface area (Å²) in [5, 5.41) is 3.68. The van der Waals surface area contributed by atoms with Crippen molar-refractivity contribution in [3.05, 3.63) is 34.9 Å². The average Bonchev–Trinajstić information content (AvgIpc) is 2.66. The molecule has 0 bridgehead atoms. The maximum Gasteiger partial charge on any atom is 0.0952 e. The predicted molar refractivity (Wildman–Crippen MR) is 83.0 cm³/mol. The lowest BCUT2D eigenvalue weighted by Gasteiger charge is -2.35. The maximum absolute atomic E-state index is 6.36. The minimum Gasteiger partial charge on any atom is -0.372 e. The van der Waals surface area contributed by atoms with Crippen molar-refractivity contribution in [2.24, 2.45) is 5.41 Å². The second-order valence-corrected chi connectivity index (χ2v) is 6.85. The van der Waals surface area contributed by atoms with Crippen LogP contribution >= 0.6 is 0 Å². The van der Waals surface area contributed by atoms with Crippen LogP contribution in [0.5, 0.6) is 0 Å². The van der Waals surface area contributed by atoms with Crippen molar-refractivity contribution in [2.45, 2.75) is 52.1 Å². The van der Waals surface area contributed by atoms with Crippen LogP contribution in [-0.2, 0) is 4.74 Å². The van der Waals surface area contributed by atoms with Gasteiger partial charge in [-0.25, -0.2) is 0 Å². The van der Waals surface area contributed by atoms with E-state index >= 15 is 0 Å². The SMILES string of the molecule is Cc1ccc(C)c(C2CNCC3(CCCCC3)CO2)c1. The molecule has 2 heteroatoms. The molecular formula is C18H27NO. The molecule has 1 heterocycles. The summed E-state index contributed by atoms with van der Waals surface area (Å²) in [6.07, 6.45) is 7.04. The van der Waals surface area contributed by atoms with Gasteiger partial charge in [0.05, 0.1) is 12.7 Å². The molecule has 1 spiro atoms. The third kappa shape index (κ3) is 2.91. The normalized spacial score (nSPS) is 26.4. The monoisotopic (exact) mass is 273 g/mol. The van der Waals surface area contributed by atoms with Gasteiger partial charge in [-0.15, -0.1) is 0 Å². The predicted octanol–water partition coefficient (Wildman–Crippen LogP) is 3.91. The quantitative estimate of drug-likeness (QED) is 0.837. The van der Waals surface area contributed by atoms with Crippen LogP contribution in [0.15, 0.2) is 18.2 Å². The van der Waals surface area contributed by atoms with E-state index in [9.17, 15) is 0 Å². The van der Waals surface area contributed by atoms with E-state index in [2.05, 4.69) is 37.4 Å². The first kappa shape index (κ1) is 14.1. The highest BCUT2D eigenvalue weighted by Gasteiger charge is 2.35. The number of rotatable bonds is 1. The van der Waals surface area contributed by atoms with Crippen molar-refractivity contribution in [3.63, 3.8) is 0 Å². The highest BCUT2D eigenvalue weighted by Crippen LogP contribution is 2.39. The number of aryl methyl sites for hydroxylation is 2. The summed E-state index contributed by atoms with van der Waals surface area (Å²) in [5.41, 5.74) is 4.45. The fourth-order valence-electron chi connectivity index (χ4n) is 3.79. The van der Waals surface area contributed by atoms with Gasteiger partial charge >= 0.3 is 0 Å². The van der Waals surface area contributed by atoms with Crippen molar-refractivity contribution in [1.29, 1.82) is 0 Å². The topological polar surface area (TPSA) is 21.3 Å². The summed E-state index contributed by atoms with van der Waals surface area (Å²) in [5.74, 6) is 0. The molecule has 1 aliphatic heterocycles. The van der Waals surface area contributed by atoms with E-state index in [0.29, 0.717) is 5.41 Å². The zero-order chi connectivity index (χ0) is 14.0. The molecular weight excluding hydrogens is 246 g/mol. The fourth-order valence-corrected chi connectivity index (χ4v) is 3.79. The Labute approximate surface area is 122 Å². The van der Waals surface area contributed by atoms with Gasteiger partial charge in [0.25, 0.3) is 0 Å². The summed E-state index contributed by atoms with van der Waals surface area (Å²) in [7, 11) is 0. The Hall–Kier alpha value is -0.860. The Morgan fingerprint density at radius 1 is 1.15 bits per heavy atom. The van der Waals surface area contributed by atoms with Crippen LogP contribution in [0.2, 0.25) is 0 Å². The lowest BCUT2D eigenvalue weighted by Crippen LogP contribution is -2.37. The van der Waals surface area contributed by atoms with Crippen molar-refractivity contribution in [1.82, 2.24) is 5.32 Å². The van der Waals surface area contributed by atoms with E-state index in [0.717, 1.165) is 19.7 Å². The average molecular weight is 273 g/mol. The molecule has 1 N–H and O–H groups in total. The third-order valence-corrected chi connectivity index (χ3v) is 5.12. The Bertz CT molecular complexity index is 462. The Morgan fingerprint density at radius 3 is 2.75 bits per heavy atom. The Morgan fingerprint density at radius 2 is 1.95 bits per heavy atom. The summed E-state index contributed by atoms with van der Waals surface area (Å²) in [6, 6.07) is 6.70. The molecule has 3 rings (SSSR count). The van der Waals surface area contributed by atoms with Crippen LogP contribution in [-0.4, -0.2) is 19.7 Å². The Balaban J connectivity index is 1.75. The van der Waals surface area contributed by atoms with Crippen molar-refractivity contribution in [2.75, 3.05) is 19.7 Å². The molecule has 1 saturated carbocycles. The molecule has 1 aromatic rings. The molecule has 20 heavy (non-hydrogen) atoms. The maximum atomic E-state index is 6.36. The van der Waals surface area contributed by atoms with Crippen molar-refractivity contribution < 1.29 is 4.74 Å². The molecule has 1 atom stereocenters. The molecule has 2 aliphatic rings. The van der Waals surface area contributed by atoms with Gasteiger partial charge in [-0.3, -0.25) is 0 Å². The van der Waals surface area contributed by atoms with Gasteiger partial charge in [-0.1, -0.05) is 43.0 Å². The van der Waals surface area contributed by atoms with Gasteiger partial charge in [0.15, 0.2) is 0 Å². The zero-order valence-corrected chi connectivity index (χ0v) is 12.9. The molecule has 0 amide bonds. The number of hydrogen-bond donors (Lipinski definition) is 1. The molecule has 110 valence electrons. The first-order valence-electron chi connectivity index (χ1n) is 8.08. The minimum atomic E-state index is 0.219. The number of ether oxygens (including phenoxy) is 1. The number of benzene rings is 1. The summed E-state index contributed by atoms with van der Waals surface area (Å²) >= 11 is 0. The molecule has 1 aliphatic carbocycles. The molecule has 1 saturated heterocycles. The molecule has 1 aromatic carbocycles. The standard InChI is InChI=1S/C18H27NO/c1-14-6-7-15(2)16(10-14)17-11-19-12-18(13-20-17)8-4-3-5-9-18/h6-7,10,17,19H,3-5,8-9,11-13H2,1-2H3. The number of nitrogens with one attached hydrogen (secondary N) is 1. The lowest BCUT2D eigenvalue weighted by atomic mass is 9.74. The van der Waals surface area contributed by atoms with E-state index in [-0.39, 0.29) is 6.10 Å². The lowest BCUT2D eigenvalue weighted by molar-refractivity contribution is -0.00165. The van der Waals surface area contributed by atoms with Crippen LogP contribution in [0.1, 0.15) is 54.9 Å². The largest absolute Gasteiger partial charge is 0.372 e. The molecule has 2 fully saturated rings. The van der Waals surface area contributed by atoms with Crippen LogP contribution in [0.3, 0.4) is 0 Å². The second kappa shape index (κ2) is 5.87.